The van der Waals surface area contributed by atoms with Gasteiger partial charge < -0.3 is 4.42 Å². The summed E-state index contributed by atoms with van der Waals surface area (Å²) in [6.07, 6.45) is 0. The van der Waals surface area contributed by atoms with Gasteiger partial charge in [0.2, 0.25) is 0 Å². The van der Waals surface area contributed by atoms with Gasteiger partial charge in [0.15, 0.2) is 0 Å². The number of hydrogen-bond donors (Lipinski definition) is 0. The van der Waals surface area contributed by atoms with E-state index in [2.05, 4.69) is 0 Å². The van der Waals surface area contributed by atoms with E-state index in [9.17, 15) is 9.59 Å². The Labute approximate surface area is 106 Å². The first-order valence-electron chi connectivity index (χ1n) is 5.41. The average Bonchev–Trinajstić information content (AvgIpc) is 2.85. The fourth-order valence-electron chi connectivity index (χ4n) is 1.84. The molecule has 0 aliphatic rings. The summed E-state index contributed by atoms with van der Waals surface area (Å²) in [7, 11) is 0. The maximum Gasteiger partial charge on any atom is 0.423 e. The Morgan fingerprint density at radius 1 is 1.11 bits per heavy atom. The molecular formula is C13H9NO3S. The molecule has 18 heavy (non-hydrogen) atoms. The molecule has 0 bridgehead atoms. The van der Waals surface area contributed by atoms with Crippen LogP contribution in [0.15, 0.2) is 55.8 Å². The van der Waals surface area contributed by atoms with Crippen LogP contribution in [-0.2, 0) is 6.54 Å². The predicted molar refractivity (Wildman–Crippen MR) is 70.2 cm³/mol. The molecule has 2 heterocycles. The van der Waals surface area contributed by atoms with E-state index in [1.54, 1.807) is 11.4 Å². The standard InChI is InChI=1S/C13H9NO3S/c15-12-10-6-7-18-11(10)14(13(16)17-12)8-9-4-2-1-3-5-9/h1-7H,8H2. The molecule has 0 fully saturated rings. The Balaban J connectivity index is 2.21. The molecule has 0 saturated heterocycles. The highest BCUT2D eigenvalue weighted by Gasteiger charge is 2.10. The summed E-state index contributed by atoms with van der Waals surface area (Å²) in [6.45, 7) is 0.403. The maximum atomic E-state index is 11.8. The highest BCUT2D eigenvalue weighted by atomic mass is 32.1. The summed E-state index contributed by atoms with van der Waals surface area (Å²) >= 11 is 1.36. The minimum absolute atomic E-state index is 0.403. The van der Waals surface area contributed by atoms with Crippen molar-refractivity contribution in [2.45, 2.75) is 6.54 Å². The molecule has 0 spiro atoms. The van der Waals surface area contributed by atoms with Crippen molar-refractivity contribution >= 4 is 21.6 Å². The van der Waals surface area contributed by atoms with Crippen molar-refractivity contribution in [3.05, 3.63) is 68.3 Å². The Kier molecular flexibility index (Phi) is 2.60. The van der Waals surface area contributed by atoms with Crippen LogP contribution in [0.1, 0.15) is 5.56 Å². The lowest BCUT2D eigenvalue weighted by Crippen LogP contribution is -2.24. The van der Waals surface area contributed by atoms with E-state index in [-0.39, 0.29) is 0 Å². The van der Waals surface area contributed by atoms with Gasteiger partial charge in [-0.25, -0.2) is 9.59 Å². The first kappa shape index (κ1) is 11.0. The van der Waals surface area contributed by atoms with Crippen LogP contribution in [0.5, 0.6) is 0 Å². The van der Waals surface area contributed by atoms with E-state index in [1.165, 1.54) is 15.9 Å². The zero-order chi connectivity index (χ0) is 12.5. The molecule has 5 heteroatoms. The number of hydrogen-bond acceptors (Lipinski definition) is 4. The average molecular weight is 259 g/mol. The molecule has 3 aromatic rings. The minimum Gasteiger partial charge on any atom is -0.372 e. The molecule has 4 nitrogen and oxygen atoms in total. The van der Waals surface area contributed by atoms with Gasteiger partial charge in [0, 0.05) is 0 Å². The van der Waals surface area contributed by atoms with Gasteiger partial charge in [-0.05, 0) is 17.0 Å². The van der Waals surface area contributed by atoms with Crippen LogP contribution < -0.4 is 11.4 Å². The van der Waals surface area contributed by atoms with Crippen LogP contribution in [0.25, 0.3) is 10.2 Å². The first-order valence-corrected chi connectivity index (χ1v) is 6.29. The zero-order valence-corrected chi connectivity index (χ0v) is 10.1. The summed E-state index contributed by atoms with van der Waals surface area (Å²) < 4.78 is 6.19. The lowest BCUT2D eigenvalue weighted by Gasteiger charge is -2.05. The van der Waals surface area contributed by atoms with Crippen LogP contribution in [0.3, 0.4) is 0 Å². The molecule has 3 rings (SSSR count). The largest absolute Gasteiger partial charge is 0.423 e. The van der Waals surface area contributed by atoms with Gasteiger partial charge >= 0.3 is 11.4 Å². The highest BCUT2D eigenvalue weighted by molar-refractivity contribution is 7.16. The number of nitrogens with zero attached hydrogens (tertiary/aromatic N) is 1. The molecule has 2 aromatic heterocycles. The Hall–Kier alpha value is -2.14. The summed E-state index contributed by atoms with van der Waals surface area (Å²) in [4.78, 5) is 23.9. The molecule has 0 aliphatic heterocycles. The van der Waals surface area contributed by atoms with Crippen LogP contribution >= 0.6 is 11.3 Å². The Bertz CT molecular complexity index is 798. The van der Waals surface area contributed by atoms with Crippen molar-refractivity contribution in [2.24, 2.45) is 0 Å². The Morgan fingerprint density at radius 3 is 2.67 bits per heavy atom. The van der Waals surface area contributed by atoms with Crippen molar-refractivity contribution in [1.82, 2.24) is 4.57 Å². The lowest BCUT2D eigenvalue weighted by atomic mass is 10.2. The smallest absolute Gasteiger partial charge is 0.372 e. The second-order valence-electron chi connectivity index (χ2n) is 3.87. The second kappa shape index (κ2) is 4.27. The molecule has 1 aromatic carbocycles. The molecule has 0 N–H and O–H groups in total. The Morgan fingerprint density at radius 2 is 1.89 bits per heavy atom. The first-order chi connectivity index (χ1) is 8.75. The van der Waals surface area contributed by atoms with Crippen molar-refractivity contribution < 1.29 is 4.42 Å². The van der Waals surface area contributed by atoms with Crippen LogP contribution in [0.4, 0.5) is 0 Å². The number of thiophene rings is 1. The SMILES string of the molecule is O=c1oc(=O)n(Cc2ccccc2)c2sccc12. The second-order valence-corrected chi connectivity index (χ2v) is 4.76. The van der Waals surface area contributed by atoms with E-state index in [1.807, 2.05) is 30.3 Å². The predicted octanol–water partition coefficient (Wildman–Crippen LogP) is 2.06. The van der Waals surface area contributed by atoms with E-state index >= 15 is 0 Å². The number of rotatable bonds is 2. The van der Waals surface area contributed by atoms with Crippen LogP contribution in [-0.4, -0.2) is 4.57 Å². The number of benzene rings is 1. The molecular weight excluding hydrogens is 250 g/mol. The third kappa shape index (κ3) is 1.78. The van der Waals surface area contributed by atoms with Gasteiger partial charge in [-0.1, -0.05) is 30.3 Å². The minimum atomic E-state index is -0.612. The van der Waals surface area contributed by atoms with Crippen LogP contribution in [0, 0.1) is 0 Å². The topological polar surface area (TPSA) is 52.2 Å². The van der Waals surface area contributed by atoms with Gasteiger partial charge in [0.1, 0.15) is 4.83 Å². The fourth-order valence-corrected chi connectivity index (χ4v) is 2.72. The van der Waals surface area contributed by atoms with Gasteiger partial charge in [-0.2, -0.15) is 0 Å². The summed E-state index contributed by atoms with van der Waals surface area (Å²) in [5.41, 5.74) is 0.420. The number of fused-ring (bicyclic) bond motifs is 1. The van der Waals surface area contributed by atoms with Crippen molar-refractivity contribution in [2.75, 3.05) is 0 Å². The molecule has 0 saturated carbocycles. The normalized spacial score (nSPS) is 10.9. The summed E-state index contributed by atoms with van der Waals surface area (Å²) in [5.74, 6) is -0.612. The summed E-state index contributed by atoms with van der Waals surface area (Å²) in [6, 6.07) is 11.3. The van der Waals surface area contributed by atoms with Gasteiger partial charge in [-0.3, -0.25) is 4.57 Å². The molecule has 90 valence electrons. The third-order valence-corrected chi connectivity index (χ3v) is 3.63. The molecule has 0 unspecified atom stereocenters. The fraction of sp³-hybridized carbons (Fsp3) is 0.0769. The van der Waals surface area contributed by atoms with E-state index in [0.717, 1.165) is 5.56 Å². The molecule has 0 aliphatic carbocycles. The highest BCUT2D eigenvalue weighted by Crippen LogP contribution is 2.16. The van der Waals surface area contributed by atoms with Crippen LogP contribution in [0.2, 0.25) is 0 Å². The maximum absolute atomic E-state index is 11.8. The van der Waals surface area contributed by atoms with Crippen molar-refractivity contribution in [3.8, 4) is 0 Å². The lowest BCUT2D eigenvalue weighted by molar-refractivity contribution is 0.426. The van der Waals surface area contributed by atoms with E-state index < -0.39 is 11.4 Å². The van der Waals surface area contributed by atoms with E-state index in [4.69, 9.17) is 4.42 Å². The molecule has 0 atom stereocenters. The monoisotopic (exact) mass is 259 g/mol. The van der Waals surface area contributed by atoms with Crippen molar-refractivity contribution in [1.29, 1.82) is 0 Å². The van der Waals surface area contributed by atoms with Gasteiger partial charge in [0.05, 0.1) is 11.9 Å². The third-order valence-electron chi connectivity index (χ3n) is 2.69. The van der Waals surface area contributed by atoms with Gasteiger partial charge in [0.25, 0.3) is 0 Å². The zero-order valence-electron chi connectivity index (χ0n) is 9.33. The molecule has 0 amide bonds. The van der Waals surface area contributed by atoms with Gasteiger partial charge in [-0.15, -0.1) is 11.3 Å². The van der Waals surface area contributed by atoms with E-state index in [0.29, 0.717) is 16.8 Å². The quantitative estimate of drug-likeness (QED) is 0.708. The molecule has 0 radical (unpaired) electrons. The number of aromatic nitrogens is 1. The van der Waals surface area contributed by atoms with Crippen molar-refractivity contribution in [3.63, 3.8) is 0 Å². The summed E-state index contributed by atoms with van der Waals surface area (Å²) in [5, 5.41) is 2.23.